The van der Waals surface area contributed by atoms with E-state index < -0.39 is 5.41 Å². The molecule has 2 rings (SSSR count). The summed E-state index contributed by atoms with van der Waals surface area (Å²) in [5.74, 6) is 2.40. The van der Waals surface area contributed by atoms with E-state index in [9.17, 15) is 4.79 Å². The molecule has 1 aliphatic carbocycles. The Morgan fingerprint density at radius 3 is 2.53 bits per heavy atom. The highest BCUT2D eigenvalue weighted by molar-refractivity contribution is 7.99. The second kappa shape index (κ2) is 5.57. The predicted octanol–water partition coefficient (Wildman–Crippen LogP) is 1.80. The third-order valence-electron chi connectivity index (χ3n) is 3.85. The Balaban J connectivity index is 2.13. The molecule has 0 atom stereocenters. The fourth-order valence-corrected chi connectivity index (χ4v) is 3.97. The highest BCUT2D eigenvalue weighted by atomic mass is 32.2. The lowest BCUT2D eigenvalue weighted by molar-refractivity contribution is -0.137. The quantitative estimate of drug-likeness (QED) is 0.779. The van der Waals surface area contributed by atoms with Crippen molar-refractivity contribution in [3.05, 3.63) is 0 Å². The molecule has 2 aliphatic rings. The normalized spacial score (nSPS) is 24.4. The molecule has 1 amide bonds. The van der Waals surface area contributed by atoms with E-state index in [1.54, 1.807) is 0 Å². The molecular formula is C12H20N2OS2. The number of thiocarbonyl (C=S) groups is 1. The van der Waals surface area contributed by atoms with Crippen LogP contribution in [0.3, 0.4) is 0 Å². The van der Waals surface area contributed by atoms with Gasteiger partial charge in [-0.2, -0.15) is 11.8 Å². The molecule has 5 heteroatoms. The summed E-state index contributed by atoms with van der Waals surface area (Å²) in [6.07, 6.45) is 4.94. The summed E-state index contributed by atoms with van der Waals surface area (Å²) < 4.78 is 0. The average Bonchev–Trinajstić information content (AvgIpc) is 2.66. The fourth-order valence-electron chi connectivity index (χ4n) is 2.80. The van der Waals surface area contributed by atoms with E-state index in [4.69, 9.17) is 18.0 Å². The summed E-state index contributed by atoms with van der Waals surface area (Å²) in [6.45, 7) is 1.73. The van der Waals surface area contributed by atoms with E-state index in [1.807, 2.05) is 16.7 Å². The SMILES string of the molecule is NC(=S)C1(C(=O)N2CCCSCC2)CCCC1. The number of nitrogens with two attached hydrogens (primary N) is 1. The summed E-state index contributed by atoms with van der Waals surface area (Å²) in [5.41, 5.74) is 5.35. The lowest BCUT2D eigenvalue weighted by Gasteiger charge is -2.32. The van der Waals surface area contributed by atoms with Crippen LogP contribution in [0.25, 0.3) is 0 Å². The molecule has 0 spiro atoms. The van der Waals surface area contributed by atoms with Crippen molar-refractivity contribution >= 4 is 34.9 Å². The minimum absolute atomic E-state index is 0.199. The molecule has 17 heavy (non-hydrogen) atoms. The van der Waals surface area contributed by atoms with Crippen molar-refractivity contribution in [2.24, 2.45) is 11.1 Å². The van der Waals surface area contributed by atoms with Gasteiger partial charge in [0.05, 0.1) is 10.4 Å². The molecule has 0 bridgehead atoms. The summed E-state index contributed by atoms with van der Waals surface area (Å²) >= 11 is 7.10. The van der Waals surface area contributed by atoms with Crippen LogP contribution in [0, 0.1) is 5.41 Å². The van der Waals surface area contributed by atoms with Crippen molar-refractivity contribution in [1.82, 2.24) is 4.90 Å². The van der Waals surface area contributed by atoms with Crippen LogP contribution in [0.1, 0.15) is 32.1 Å². The molecule has 0 aromatic heterocycles. The number of rotatable bonds is 2. The van der Waals surface area contributed by atoms with Crippen LogP contribution in [0.5, 0.6) is 0 Å². The maximum Gasteiger partial charge on any atom is 0.235 e. The van der Waals surface area contributed by atoms with Crippen LogP contribution in [0.2, 0.25) is 0 Å². The van der Waals surface area contributed by atoms with Crippen molar-refractivity contribution in [2.75, 3.05) is 24.6 Å². The first kappa shape index (κ1) is 13.1. The number of amides is 1. The lowest BCUT2D eigenvalue weighted by atomic mass is 9.84. The molecule has 96 valence electrons. The Hall–Kier alpha value is -0.290. The fraction of sp³-hybridized carbons (Fsp3) is 0.833. The first-order chi connectivity index (χ1) is 8.17. The molecule has 2 fully saturated rings. The smallest absolute Gasteiger partial charge is 0.235 e. The molecular weight excluding hydrogens is 252 g/mol. The van der Waals surface area contributed by atoms with Gasteiger partial charge in [0.25, 0.3) is 0 Å². The Kier molecular flexibility index (Phi) is 4.31. The maximum absolute atomic E-state index is 12.7. The van der Waals surface area contributed by atoms with E-state index in [1.165, 1.54) is 0 Å². The van der Waals surface area contributed by atoms with Crippen molar-refractivity contribution in [1.29, 1.82) is 0 Å². The van der Waals surface area contributed by atoms with E-state index in [0.29, 0.717) is 4.99 Å². The van der Waals surface area contributed by atoms with Gasteiger partial charge in [0.1, 0.15) is 0 Å². The number of hydrogen-bond acceptors (Lipinski definition) is 3. The standard InChI is InChI=1S/C12H20N2OS2/c13-10(16)12(4-1-2-5-12)11(15)14-6-3-8-17-9-7-14/h1-9H2,(H2,13,16). The summed E-state index contributed by atoms with van der Waals surface area (Å²) in [6, 6.07) is 0. The van der Waals surface area contributed by atoms with E-state index >= 15 is 0 Å². The number of hydrogen-bond donors (Lipinski definition) is 1. The molecule has 3 nitrogen and oxygen atoms in total. The van der Waals surface area contributed by atoms with Gasteiger partial charge < -0.3 is 10.6 Å². The summed E-state index contributed by atoms with van der Waals surface area (Å²) in [5, 5.41) is 0. The second-order valence-electron chi connectivity index (χ2n) is 4.91. The van der Waals surface area contributed by atoms with Gasteiger partial charge in [0.2, 0.25) is 5.91 Å². The molecule has 1 aliphatic heterocycles. The van der Waals surface area contributed by atoms with Crippen LogP contribution in [-0.4, -0.2) is 40.4 Å². The van der Waals surface area contributed by atoms with Gasteiger partial charge in [-0.3, -0.25) is 4.79 Å². The van der Waals surface area contributed by atoms with Crippen LogP contribution in [-0.2, 0) is 4.79 Å². The van der Waals surface area contributed by atoms with Gasteiger partial charge in [-0.1, -0.05) is 25.1 Å². The Labute approximate surface area is 112 Å². The second-order valence-corrected chi connectivity index (χ2v) is 6.58. The molecule has 0 aromatic rings. The van der Waals surface area contributed by atoms with Crippen molar-refractivity contribution in [2.45, 2.75) is 32.1 Å². The zero-order chi connectivity index (χ0) is 12.3. The highest BCUT2D eigenvalue weighted by Gasteiger charge is 2.46. The largest absolute Gasteiger partial charge is 0.392 e. The lowest BCUT2D eigenvalue weighted by Crippen LogP contribution is -2.49. The van der Waals surface area contributed by atoms with E-state index in [-0.39, 0.29) is 5.91 Å². The molecule has 1 saturated carbocycles. The Morgan fingerprint density at radius 1 is 1.18 bits per heavy atom. The number of carbonyl (C=O) groups is 1. The minimum atomic E-state index is -0.510. The molecule has 0 aromatic carbocycles. The number of thioether (sulfide) groups is 1. The maximum atomic E-state index is 12.7. The van der Waals surface area contributed by atoms with Crippen LogP contribution >= 0.6 is 24.0 Å². The third kappa shape index (κ3) is 2.60. The highest BCUT2D eigenvalue weighted by Crippen LogP contribution is 2.40. The molecule has 1 saturated heterocycles. The predicted molar refractivity (Wildman–Crippen MR) is 76.2 cm³/mol. The van der Waals surface area contributed by atoms with Crippen LogP contribution < -0.4 is 5.73 Å². The minimum Gasteiger partial charge on any atom is -0.392 e. The first-order valence-electron chi connectivity index (χ1n) is 6.34. The first-order valence-corrected chi connectivity index (χ1v) is 7.90. The molecule has 1 heterocycles. The van der Waals surface area contributed by atoms with Gasteiger partial charge in [-0.15, -0.1) is 0 Å². The molecule has 0 radical (unpaired) electrons. The summed E-state index contributed by atoms with van der Waals surface area (Å²) in [7, 11) is 0. The zero-order valence-corrected chi connectivity index (χ0v) is 11.7. The van der Waals surface area contributed by atoms with Gasteiger partial charge >= 0.3 is 0 Å². The zero-order valence-electron chi connectivity index (χ0n) is 10.1. The van der Waals surface area contributed by atoms with Gasteiger partial charge in [0.15, 0.2) is 0 Å². The van der Waals surface area contributed by atoms with Gasteiger partial charge in [-0.25, -0.2) is 0 Å². The van der Waals surface area contributed by atoms with Gasteiger partial charge in [0, 0.05) is 18.8 Å². The monoisotopic (exact) mass is 272 g/mol. The van der Waals surface area contributed by atoms with E-state index in [2.05, 4.69) is 0 Å². The van der Waals surface area contributed by atoms with E-state index in [0.717, 1.165) is 56.7 Å². The van der Waals surface area contributed by atoms with Gasteiger partial charge in [-0.05, 0) is 25.0 Å². The van der Waals surface area contributed by atoms with Crippen molar-refractivity contribution in [3.8, 4) is 0 Å². The number of carbonyl (C=O) groups excluding carboxylic acids is 1. The Bertz CT molecular complexity index is 306. The molecule has 0 unspecified atom stereocenters. The van der Waals surface area contributed by atoms with Crippen LogP contribution in [0.4, 0.5) is 0 Å². The van der Waals surface area contributed by atoms with Crippen LogP contribution in [0.15, 0.2) is 0 Å². The number of nitrogens with zero attached hydrogens (tertiary/aromatic N) is 1. The molecule has 2 N–H and O–H groups in total. The average molecular weight is 272 g/mol. The topological polar surface area (TPSA) is 46.3 Å². The third-order valence-corrected chi connectivity index (χ3v) is 5.29. The Morgan fingerprint density at radius 2 is 1.88 bits per heavy atom. The van der Waals surface area contributed by atoms with Crippen molar-refractivity contribution in [3.63, 3.8) is 0 Å². The van der Waals surface area contributed by atoms with Crippen molar-refractivity contribution < 1.29 is 4.79 Å². The summed E-state index contributed by atoms with van der Waals surface area (Å²) in [4.78, 5) is 15.1.